The summed E-state index contributed by atoms with van der Waals surface area (Å²) in [5.41, 5.74) is 5.13. The number of carboxylic acids is 1. The Balaban J connectivity index is 1.79. The van der Waals surface area contributed by atoms with E-state index in [-0.39, 0.29) is 6.42 Å². The summed E-state index contributed by atoms with van der Waals surface area (Å²) in [5, 5.41) is 14.3. The predicted octanol–water partition coefficient (Wildman–Crippen LogP) is 2.63. The van der Waals surface area contributed by atoms with Crippen LogP contribution in [0, 0.1) is 13.8 Å². The Morgan fingerprint density at radius 3 is 2.42 bits per heavy atom. The van der Waals surface area contributed by atoms with Gasteiger partial charge >= 0.3 is 12.0 Å². The second-order valence-electron chi connectivity index (χ2n) is 8.16. The van der Waals surface area contributed by atoms with Crippen LogP contribution in [0.3, 0.4) is 0 Å². The van der Waals surface area contributed by atoms with E-state index in [2.05, 4.69) is 10.6 Å². The highest BCUT2D eigenvalue weighted by molar-refractivity contribution is 6.14. The van der Waals surface area contributed by atoms with E-state index in [9.17, 15) is 24.3 Å². The van der Waals surface area contributed by atoms with Crippen LogP contribution in [0.4, 0.5) is 4.79 Å². The number of nitrogens with one attached hydrogen (secondary N) is 2. The van der Waals surface area contributed by atoms with Gasteiger partial charge in [-0.3, -0.25) is 14.4 Å². The second-order valence-corrected chi connectivity index (χ2v) is 8.16. The number of nitrogens with zero attached hydrogens (tertiary/aromatic N) is 1. The Hall–Kier alpha value is -3.94. The number of ketones is 1. The molecule has 8 heteroatoms. The number of benzene rings is 2. The smallest absolute Gasteiger partial charge is 0.316 e. The molecule has 8 nitrogen and oxygen atoms in total. The van der Waals surface area contributed by atoms with Gasteiger partial charge in [-0.1, -0.05) is 42.5 Å². The molecule has 2 aromatic carbocycles. The lowest BCUT2D eigenvalue weighted by molar-refractivity contribution is -0.138. The van der Waals surface area contributed by atoms with E-state index in [0.717, 1.165) is 5.56 Å². The van der Waals surface area contributed by atoms with Gasteiger partial charge in [0.2, 0.25) is 0 Å². The number of carbonyl (C=O) groups is 4. The van der Waals surface area contributed by atoms with Gasteiger partial charge in [0.1, 0.15) is 0 Å². The first-order valence-electron chi connectivity index (χ1n) is 10.6. The number of carbonyl (C=O) groups excluding carboxylic acids is 3. The van der Waals surface area contributed by atoms with Crippen LogP contribution >= 0.6 is 0 Å². The molecule has 1 heterocycles. The Bertz CT molecular complexity index is 1100. The molecule has 0 aliphatic carbocycles. The van der Waals surface area contributed by atoms with Gasteiger partial charge in [-0.15, -0.1) is 0 Å². The second kappa shape index (κ2) is 10.1. The molecule has 0 radical (unpaired) electrons. The van der Waals surface area contributed by atoms with Crippen molar-refractivity contribution in [3.8, 4) is 0 Å². The Morgan fingerprint density at radius 1 is 1.09 bits per heavy atom. The molecule has 0 fully saturated rings. The molecule has 33 heavy (non-hydrogen) atoms. The molecule has 0 bridgehead atoms. The molecular formula is C25H27N3O5. The van der Waals surface area contributed by atoms with E-state index in [0.29, 0.717) is 12.0 Å². The summed E-state index contributed by atoms with van der Waals surface area (Å²) in [6.07, 6.45) is 2.85. The van der Waals surface area contributed by atoms with Gasteiger partial charge < -0.3 is 20.6 Å². The monoisotopic (exact) mass is 449 g/mol. The minimum absolute atomic E-state index is 0.355. The van der Waals surface area contributed by atoms with Crippen molar-refractivity contribution >= 4 is 23.7 Å². The molecule has 2 atom stereocenters. The van der Waals surface area contributed by atoms with E-state index in [1.165, 1.54) is 40.9 Å². The van der Waals surface area contributed by atoms with Crippen molar-refractivity contribution in [3.05, 3.63) is 82.6 Å². The summed E-state index contributed by atoms with van der Waals surface area (Å²) in [7, 11) is 1.48. The molecule has 1 aliphatic heterocycles. The largest absolute Gasteiger partial charge is 0.481 e. The SMILES string of the molecule is Cc1cccc(C)c1Cc1cccc(C(CC(=O)O)NC(=O)NC2C(=O)C=CN(C)C2=O)c1. The fraction of sp³-hybridized carbons (Fsp3) is 0.280. The van der Waals surface area contributed by atoms with Crippen molar-refractivity contribution in [2.45, 2.75) is 38.8 Å². The molecule has 3 rings (SSSR count). The zero-order chi connectivity index (χ0) is 24.1. The number of likely N-dealkylation sites (N-methyl/N-ethyl adjacent to an activating group) is 1. The number of aryl methyl sites for hydroxylation is 2. The fourth-order valence-electron chi connectivity index (χ4n) is 3.82. The van der Waals surface area contributed by atoms with Gasteiger partial charge in [-0.25, -0.2) is 4.79 Å². The third-order valence-electron chi connectivity index (χ3n) is 5.68. The maximum absolute atomic E-state index is 12.6. The summed E-state index contributed by atoms with van der Waals surface area (Å²) < 4.78 is 0. The third-order valence-corrected chi connectivity index (χ3v) is 5.68. The number of aliphatic carboxylic acids is 1. The van der Waals surface area contributed by atoms with Crippen LogP contribution in [0.1, 0.15) is 40.3 Å². The van der Waals surface area contributed by atoms with E-state index in [1.54, 1.807) is 6.07 Å². The number of hydrogen-bond acceptors (Lipinski definition) is 4. The normalized spacial score (nSPS) is 16.5. The molecule has 2 unspecified atom stereocenters. The Morgan fingerprint density at radius 2 is 1.76 bits per heavy atom. The summed E-state index contributed by atoms with van der Waals surface area (Å²) in [6.45, 7) is 4.09. The summed E-state index contributed by atoms with van der Waals surface area (Å²) in [5.74, 6) is -2.20. The summed E-state index contributed by atoms with van der Waals surface area (Å²) in [6, 6.07) is 10.5. The van der Waals surface area contributed by atoms with Gasteiger partial charge in [-0.2, -0.15) is 0 Å². The summed E-state index contributed by atoms with van der Waals surface area (Å²) in [4.78, 5) is 49.5. The van der Waals surface area contributed by atoms with Gasteiger partial charge in [-0.05, 0) is 48.1 Å². The van der Waals surface area contributed by atoms with Crippen LogP contribution in [0.2, 0.25) is 0 Å². The molecule has 0 spiro atoms. The quantitative estimate of drug-likeness (QED) is 0.562. The first kappa shape index (κ1) is 23.7. The van der Waals surface area contributed by atoms with Crippen molar-refractivity contribution in [2.24, 2.45) is 0 Å². The Kier molecular flexibility index (Phi) is 7.27. The van der Waals surface area contributed by atoms with Crippen molar-refractivity contribution in [3.63, 3.8) is 0 Å². The topological polar surface area (TPSA) is 116 Å². The molecule has 0 aromatic heterocycles. The van der Waals surface area contributed by atoms with Crippen LogP contribution < -0.4 is 10.6 Å². The molecule has 0 saturated carbocycles. The van der Waals surface area contributed by atoms with Crippen LogP contribution in [-0.2, 0) is 20.8 Å². The highest BCUT2D eigenvalue weighted by Crippen LogP contribution is 2.22. The van der Waals surface area contributed by atoms with Crippen molar-refractivity contribution in [1.29, 1.82) is 0 Å². The predicted molar refractivity (Wildman–Crippen MR) is 123 cm³/mol. The van der Waals surface area contributed by atoms with Crippen molar-refractivity contribution in [2.75, 3.05) is 7.05 Å². The van der Waals surface area contributed by atoms with E-state index in [4.69, 9.17) is 0 Å². The lowest BCUT2D eigenvalue weighted by atomic mass is 9.94. The zero-order valence-corrected chi connectivity index (χ0v) is 18.8. The minimum Gasteiger partial charge on any atom is -0.481 e. The van der Waals surface area contributed by atoms with Crippen LogP contribution in [0.15, 0.2) is 54.7 Å². The first-order chi connectivity index (χ1) is 15.7. The van der Waals surface area contributed by atoms with Gasteiger partial charge in [0, 0.05) is 19.3 Å². The molecule has 3 amide bonds. The maximum atomic E-state index is 12.6. The first-order valence-corrected chi connectivity index (χ1v) is 10.6. The summed E-state index contributed by atoms with van der Waals surface area (Å²) >= 11 is 0. The highest BCUT2D eigenvalue weighted by atomic mass is 16.4. The molecule has 0 saturated heterocycles. The molecular weight excluding hydrogens is 422 g/mol. The Labute approximate surface area is 192 Å². The van der Waals surface area contributed by atoms with Crippen LogP contribution in [-0.4, -0.2) is 46.8 Å². The van der Waals surface area contributed by atoms with Gasteiger partial charge in [0.05, 0.1) is 12.5 Å². The number of amides is 3. The zero-order valence-electron chi connectivity index (χ0n) is 18.8. The fourth-order valence-corrected chi connectivity index (χ4v) is 3.82. The maximum Gasteiger partial charge on any atom is 0.316 e. The van der Waals surface area contributed by atoms with Crippen molar-refractivity contribution in [1.82, 2.24) is 15.5 Å². The minimum atomic E-state index is -1.35. The highest BCUT2D eigenvalue weighted by Gasteiger charge is 2.32. The lowest BCUT2D eigenvalue weighted by Gasteiger charge is -2.25. The number of hydrogen-bond donors (Lipinski definition) is 3. The van der Waals surface area contributed by atoms with Crippen LogP contribution in [0.5, 0.6) is 0 Å². The average molecular weight is 450 g/mol. The third kappa shape index (κ3) is 5.85. The van der Waals surface area contributed by atoms with E-state index < -0.39 is 35.8 Å². The molecule has 1 aliphatic rings. The van der Waals surface area contributed by atoms with E-state index >= 15 is 0 Å². The van der Waals surface area contributed by atoms with Gasteiger partial charge in [0.15, 0.2) is 11.8 Å². The van der Waals surface area contributed by atoms with Gasteiger partial charge in [0.25, 0.3) is 5.91 Å². The number of carboxylic acid groups (broad SMARTS) is 1. The van der Waals surface area contributed by atoms with Crippen molar-refractivity contribution < 1.29 is 24.3 Å². The number of urea groups is 1. The average Bonchev–Trinajstić information content (AvgIpc) is 2.76. The van der Waals surface area contributed by atoms with Crippen LogP contribution in [0.25, 0.3) is 0 Å². The molecule has 3 N–H and O–H groups in total. The molecule has 2 aromatic rings. The standard InChI is InChI=1S/C25H27N3O5/c1-15-6-4-7-16(2)19(15)13-17-8-5-9-18(12-17)20(14-22(30)31)26-25(33)27-23-21(29)10-11-28(3)24(23)32/h4-12,20,23H,13-14H2,1-3H3,(H,30,31)(H2,26,27,33). The number of rotatable bonds is 7. The molecule has 172 valence electrons. The van der Waals surface area contributed by atoms with E-state index in [1.807, 2.05) is 50.2 Å². The lowest BCUT2D eigenvalue weighted by Crippen LogP contribution is -2.55.